The minimum Gasteiger partial charge on any atom is -0.481 e. The first kappa shape index (κ1) is 14.9. The molecule has 3 rings (SSSR count). The zero-order valence-corrected chi connectivity index (χ0v) is 12.5. The Balaban J connectivity index is 1.55. The maximum absolute atomic E-state index is 12.3. The Labute approximate surface area is 129 Å². The normalized spacial score (nSPS) is 27.3. The highest BCUT2D eigenvalue weighted by atomic mass is 16.6. The molecule has 2 fully saturated rings. The lowest BCUT2D eigenvalue weighted by Gasteiger charge is -2.33. The monoisotopic (exact) mass is 303 g/mol. The van der Waals surface area contributed by atoms with Gasteiger partial charge in [-0.1, -0.05) is 30.3 Å². The third-order valence-corrected chi connectivity index (χ3v) is 4.87. The molecule has 0 spiro atoms. The fraction of sp³-hybridized carbons (Fsp3) is 0.529. The van der Waals surface area contributed by atoms with E-state index in [-0.39, 0.29) is 24.7 Å². The second kappa shape index (κ2) is 6.38. The second-order valence-corrected chi connectivity index (χ2v) is 6.20. The van der Waals surface area contributed by atoms with Gasteiger partial charge in [0.2, 0.25) is 0 Å². The van der Waals surface area contributed by atoms with Crippen molar-refractivity contribution < 1.29 is 19.4 Å². The molecule has 3 atom stereocenters. The molecule has 0 radical (unpaired) electrons. The van der Waals surface area contributed by atoms with Crippen molar-refractivity contribution in [3.8, 4) is 0 Å². The molecule has 1 saturated heterocycles. The van der Waals surface area contributed by atoms with Crippen LogP contribution in [-0.2, 0) is 16.1 Å². The second-order valence-electron chi connectivity index (χ2n) is 6.20. The van der Waals surface area contributed by atoms with Crippen molar-refractivity contribution in [2.75, 3.05) is 6.54 Å². The van der Waals surface area contributed by atoms with Crippen LogP contribution in [0.1, 0.15) is 31.2 Å². The van der Waals surface area contributed by atoms with Crippen LogP contribution >= 0.6 is 0 Å². The molecule has 22 heavy (non-hydrogen) atoms. The average Bonchev–Trinajstić information content (AvgIpc) is 2.96. The van der Waals surface area contributed by atoms with E-state index in [0.29, 0.717) is 25.3 Å². The van der Waals surface area contributed by atoms with E-state index in [2.05, 4.69) is 0 Å². The van der Waals surface area contributed by atoms with Gasteiger partial charge in [0, 0.05) is 12.6 Å². The fourth-order valence-electron chi connectivity index (χ4n) is 3.69. The van der Waals surface area contributed by atoms with E-state index in [1.807, 2.05) is 30.3 Å². The van der Waals surface area contributed by atoms with Crippen LogP contribution in [-0.4, -0.2) is 34.7 Å². The van der Waals surface area contributed by atoms with Gasteiger partial charge in [0.25, 0.3) is 0 Å². The Bertz CT molecular complexity index is 545. The molecular formula is C17H21NO4. The molecule has 2 aliphatic rings. The topological polar surface area (TPSA) is 66.8 Å². The van der Waals surface area contributed by atoms with Crippen LogP contribution in [0.2, 0.25) is 0 Å². The maximum Gasteiger partial charge on any atom is 0.410 e. The van der Waals surface area contributed by atoms with E-state index in [0.717, 1.165) is 18.4 Å². The minimum atomic E-state index is -0.705. The van der Waals surface area contributed by atoms with Gasteiger partial charge in [-0.3, -0.25) is 4.79 Å². The van der Waals surface area contributed by atoms with Crippen LogP contribution in [0, 0.1) is 11.8 Å². The van der Waals surface area contributed by atoms with Crippen molar-refractivity contribution >= 4 is 12.1 Å². The summed E-state index contributed by atoms with van der Waals surface area (Å²) in [6.45, 7) is 0.959. The number of amides is 1. The Morgan fingerprint density at radius 3 is 2.68 bits per heavy atom. The van der Waals surface area contributed by atoms with Crippen LogP contribution in [0.5, 0.6) is 0 Å². The van der Waals surface area contributed by atoms with E-state index < -0.39 is 5.97 Å². The van der Waals surface area contributed by atoms with E-state index in [1.165, 1.54) is 0 Å². The molecule has 1 N–H and O–H groups in total. The van der Waals surface area contributed by atoms with Gasteiger partial charge in [0.15, 0.2) is 0 Å². The number of carbonyl (C=O) groups excluding carboxylic acids is 1. The summed E-state index contributed by atoms with van der Waals surface area (Å²) >= 11 is 0. The number of carboxylic acids is 1. The van der Waals surface area contributed by atoms with Gasteiger partial charge in [0.05, 0.1) is 5.92 Å². The third-order valence-electron chi connectivity index (χ3n) is 4.87. The SMILES string of the molecule is O=C(O)C1CCC2C(CCN2C(=O)OCc2ccccc2)C1. The lowest BCUT2D eigenvalue weighted by Crippen LogP contribution is -2.41. The lowest BCUT2D eigenvalue weighted by molar-refractivity contribution is -0.143. The van der Waals surface area contributed by atoms with Crippen molar-refractivity contribution in [2.45, 2.75) is 38.3 Å². The number of benzene rings is 1. The summed E-state index contributed by atoms with van der Waals surface area (Å²) in [6, 6.07) is 9.77. The molecule has 1 aromatic rings. The zero-order valence-electron chi connectivity index (χ0n) is 12.5. The van der Waals surface area contributed by atoms with E-state index in [9.17, 15) is 9.59 Å². The standard InChI is InChI=1S/C17H21NO4/c19-16(20)14-6-7-15-13(10-14)8-9-18(15)17(21)22-11-12-4-2-1-3-5-12/h1-5,13-15H,6-11H2,(H,19,20). The van der Waals surface area contributed by atoms with E-state index in [1.54, 1.807) is 4.90 Å². The number of likely N-dealkylation sites (tertiary alicyclic amines) is 1. The molecule has 1 saturated carbocycles. The number of hydrogen-bond donors (Lipinski definition) is 1. The molecule has 1 aromatic carbocycles. The predicted molar refractivity (Wildman–Crippen MR) is 80.2 cm³/mol. The Morgan fingerprint density at radius 2 is 1.95 bits per heavy atom. The van der Waals surface area contributed by atoms with Crippen LogP contribution in [0.4, 0.5) is 4.79 Å². The summed E-state index contributed by atoms with van der Waals surface area (Å²) in [4.78, 5) is 25.2. The van der Waals surface area contributed by atoms with Crippen molar-refractivity contribution in [1.29, 1.82) is 0 Å². The smallest absolute Gasteiger partial charge is 0.410 e. The number of carboxylic acid groups (broad SMARTS) is 1. The highest BCUT2D eigenvalue weighted by Gasteiger charge is 2.43. The number of fused-ring (bicyclic) bond motifs is 1. The third kappa shape index (κ3) is 3.08. The Hall–Kier alpha value is -2.04. The molecule has 1 amide bonds. The maximum atomic E-state index is 12.3. The van der Waals surface area contributed by atoms with Gasteiger partial charge in [-0.05, 0) is 37.2 Å². The van der Waals surface area contributed by atoms with Gasteiger partial charge >= 0.3 is 12.1 Å². The van der Waals surface area contributed by atoms with Crippen LogP contribution in [0.15, 0.2) is 30.3 Å². The van der Waals surface area contributed by atoms with Crippen molar-refractivity contribution in [3.63, 3.8) is 0 Å². The summed E-state index contributed by atoms with van der Waals surface area (Å²) in [6.07, 6.45) is 2.71. The first-order chi connectivity index (χ1) is 10.6. The van der Waals surface area contributed by atoms with Gasteiger partial charge in [-0.2, -0.15) is 0 Å². The number of carbonyl (C=O) groups is 2. The summed E-state index contributed by atoms with van der Waals surface area (Å²) in [7, 11) is 0. The first-order valence-corrected chi connectivity index (χ1v) is 7.85. The Kier molecular flexibility index (Phi) is 4.32. The zero-order chi connectivity index (χ0) is 15.5. The molecular weight excluding hydrogens is 282 g/mol. The summed E-state index contributed by atoms with van der Waals surface area (Å²) in [5.41, 5.74) is 0.973. The van der Waals surface area contributed by atoms with Crippen LogP contribution < -0.4 is 0 Å². The lowest BCUT2D eigenvalue weighted by atomic mass is 9.78. The number of rotatable bonds is 3. The molecule has 0 aromatic heterocycles. The molecule has 3 unspecified atom stereocenters. The molecule has 5 heteroatoms. The highest BCUT2D eigenvalue weighted by Crippen LogP contribution is 2.39. The number of aliphatic carboxylic acids is 1. The molecule has 1 aliphatic carbocycles. The number of ether oxygens (including phenoxy) is 1. The van der Waals surface area contributed by atoms with Gasteiger partial charge < -0.3 is 14.7 Å². The van der Waals surface area contributed by atoms with E-state index in [4.69, 9.17) is 9.84 Å². The van der Waals surface area contributed by atoms with Crippen molar-refractivity contribution in [1.82, 2.24) is 4.90 Å². The summed E-state index contributed by atoms with van der Waals surface area (Å²) in [5, 5.41) is 9.14. The van der Waals surface area contributed by atoms with Gasteiger partial charge in [0.1, 0.15) is 6.61 Å². The molecule has 1 aliphatic heterocycles. The van der Waals surface area contributed by atoms with Gasteiger partial charge in [-0.15, -0.1) is 0 Å². The first-order valence-electron chi connectivity index (χ1n) is 7.85. The molecule has 0 bridgehead atoms. The minimum absolute atomic E-state index is 0.152. The van der Waals surface area contributed by atoms with E-state index >= 15 is 0 Å². The fourth-order valence-corrected chi connectivity index (χ4v) is 3.69. The highest BCUT2D eigenvalue weighted by molar-refractivity contribution is 5.71. The largest absolute Gasteiger partial charge is 0.481 e. The van der Waals surface area contributed by atoms with Crippen LogP contribution in [0.3, 0.4) is 0 Å². The molecule has 1 heterocycles. The Morgan fingerprint density at radius 1 is 1.18 bits per heavy atom. The van der Waals surface area contributed by atoms with Crippen molar-refractivity contribution in [2.24, 2.45) is 11.8 Å². The van der Waals surface area contributed by atoms with Gasteiger partial charge in [-0.25, -0.2) is 4.79 Å². The number of nitrogens with zero attached hydrogens (tertiary/aromatic N) is 1. The average molecular weight is 303 g/mol. The summed E-state index contributed by atoms with van der Waals surface area (Å²) in [5.74, 6) is -0.649. The number of hydrogen-bond acceptors (Lipinski definition) is 3. The van der Waals surface area contributed by atoms with Crippen LogP contribution in [0.25, 0.3) is 0 Å². The molecule has 118 valence electrons. The molecule has 5 nitrogen and oxygen atoms in total. The summed E-state index contributed by atoms with van der Waals surface area (Å²) < 4.78 is 5.41. The quantitative estimate of drug-likeness (QED) is 0.932. The predicted octanol–water partition coefficient (Wildman–Crippen LogP) is 2.90. The van der Waals surface area contributed by atoms with Crippen molar-refractivity contribution in [3.05, 3.63) is 35.9 Å².